The van der Waals surface area contributed by atoms with Crippen LogP contribution in [0.3, 0.4) is 0 Å². The number of nitrogens with two attached hydrogens (primary N) is 1. The van der Waals surface area contributed by atoms with E-state index in [1.807, 2.05) is 26.0 Å². The van der Waals surface area contributed by atoms with Crippen molar-refractivity contribution in [1.82, 2.24) is 20.2 Å². The third-order valence-electron chi connectivity index (χ3n) is 2.38. The van der Waals surface area contributed by atoms with Crippen LogP contribution in [0.1, 0.15) is 20.3 Å². The third kappa shape index (κ3) is 3.85. The zero-order valence-corrected chi connectivity index (χ0v) is 10.9. The van der Waals surface area contributed by atoms with Crippen molar-refractivity contribution in [3.63, 3.8) is 0 Å². The number of amides is 1. The quantitative estimate of drug-likeness (QED) is 0.844. The molecule has 0 atom stereocenters. The first-order chi connectivity index (χ1) is 8.94. The first-order valence-electron chi connectivity index (χ1n) is 5.86. The van der Waals surface area contributed by atoms with E-state index in [0.29, 0.717) is 5.69 Å². The van der Waals surface area contributed by atoms with Gasteiger partial charge in [-0.15, -0.1) is 5.10 Å². The molecule has 7 heteroatoms. The number of carbonyl (C=O) groups is 1. The number of carbonyl (C=O) groups excluding carboxylic acids is 1. The third-order valence-corrected chi connectivity index (χ3v) is 2.38. The highest BCUT2D eigenvalue weighted by Crippen LogP contribution is 2.13. The minimum Gasteiger partial charge on any atom is -0.326 e. The fourth-order valence-corrected chi connectivity index (χ4v) is 1.60. The molecule has 7 nitrogen and oxygen atoms in total. The highest BCUT2D eigenvalue weighted by Gasteiger charge is 2.16. The van der Waals surface area contributed by atoms with Crippen molar-refractivity contribution in [2.45, 2.75) is 25.8 Å². The van der Waals surface area contributed by atoms with E-state index in [2.05, 4.69) is 20.8 Å². The van der Waals surface area contributed by atoms with Crippen LogP contribution < -0.4 is 11.1 Å². The Hall–Kier alpha value is -2.28. The maximum atomic E-state index is 11.7. The second-order valence-electron chi connectivity index (χ2n) is 5.01. The average molecular weight is 260 g/mol. The number of tetrazole rings is 1. The summed E-state index contributed by atoms with van der Waals surface area (Å²) in [5.41, 5.74) is 6.81. The number of hydrogen-bond acceptors (Lipinski definition) is 5. The molecule has 2 rings (SSSR count). The molecule has 0 spiro atoms. The van der Waals surface area contributed by atoms with Crippen LogP contribution in [0.2, 0.25) is 0 Å². The van der Waals surface area contributed by atoms with Crippen molar-refractivity contribution in [2.24, 2.45) is 5.73 Å². The molecule has 0 radical (unpaired) electrons. The number of rotatable bonds is 4. The van der Waals surface area contributed by atoms with Gasteiger partial charge in [0.25, 0.3) is 0 Å². The summed E-state index contributed by atoms with van der Waals surface area (Å²) >= 11 is 0. The summed E-state index contributed by atoms with van der Waals surface area (Å²) in [4.78, 5) is 11.7. The van der Waals surface area contributed by atoms with Gasteiger partial charge in [-0.1, -0.05) is 0 Å². The van der Waals surface area contributed by atoms with E-state index in [0.717, 1.165) is 5.69 Å². The van der Waals surface area contributed by atoms with Crippen molar-refractivity contribution < 1.29 is 4.79 Å². The van der Waals surface area contributed by atoms with Crippen LogP contribution in [0.4, 0.5) is 5.69 Å². The van der Waals surface area contributed by atoms with Crippen LogP contribution in [0.15, 0.2) is 30.6 Å². The van der Waals surface area contributed by atoms with E-state index < -0.39 is 5.54 Å². The van der Waals surface area contributed by atoms with Gasteiger partial charge >= 0.3 is 0 Å². The Labute approximate surface area is 110 Å². The summed E-state index contributed by atoms with van der Waals surface area (Å²) in [6.45, 7) is 3.63. The van der Waals surface area contributed by atoms with Crippen LogP contribution in [0, 0.1) is 0 Å². The van der Waals surface area contributed by atoms with Gasteiger partial charge in [0.05, 0.1) is 5.69 Å². The molecule has 2 aromatic rings. The molecular weight excluding hydrogens is 244 g/mol. The van der Waals surface area contributed by atoms with Gasteiger partial charge in [-0.2, -0.15) is 0 Å². The summed E-state index contributed by atoms with van der Waals surface area (Å²) < 4.78 is 1.54. The van der Waals surface area contributed by atoms with Gasteiger partial charge in [-0.05, 0) is 48.5 Å². The van der Waals surface area contributed by atoms with Gasteiger partial charge < -0.3 is 11.1 Å². The molecule has 1 aromatic carbocycles. The topological polar surface area (TPSA) is 98.7 Å². The molecule has 0 aliphatic rings. The predicted octanol–water partition coefficient (Wildman–Crippen LogP) is 0.728. The van der Waals surface area contributed by atoms with Gasteiger partial charge in [0, 0.05) is 17.6 Å². The fraction of sp³-hybridized carbons (Fsp3) is 0.333. The number of nitrogens with zero attached hydrogens (tertiary/aromatic N) is 4. The number of aromatic nitrogens is 4. The monoisotopic (exact) mass is 260 g/mol. The van der Waals surface area contributed by atoms with E-state index in [-0.39, 0.29) is 12.3 Å². The van der Waals surface area contributed by atoms with E-state index in [4.69, 9.17) is 5.73 Å². The van der Waals surface area contributed by atoms with Gasteiger partial charge in [-0.3, -0.25) is 4.79 Å². The van der Waals surface area contributed by atoms with Gasteiger partial charge in [0.2, 0.25) is 5.91 Å². The molecule has 0 bridgehead atoms. The Bertz CT molecular complexity index is 541. The first kappa shape index (κ1) is 13.2. The van der Waals surface area contributed by atoms with Gasteiger partial charge in [0.15, 0.2) is 0 Å². The fourth-order valence-electron chi connectivity index (χ4n) is 1.60. The van der Waals surface area contributed by atoms with Gasteiger partial charge in [-0.25, -0.2) is 4.68 Å². The van der Waals surface area contributed by atoms with E-state index in [1.54, 1.807) is 12.1 Å². The highest BCUT2D eigenvalue weighted by atomic mass is 16.1. The molecular formula is C12H16N6O. The first-order valence-corrected chi connectivity index (χ1v) is 5.86. The number of hydrogen-bond donors (Lipinski definition) is 2. The van der Waals surface area contributed by atoms with E-state index >= 15 is 0 Å². The summed E-state index contributed by atoms with van der Waals surface area (Å²) in [7, 11) is 0. The Morgan fingerprint density at radius 2 is 2.05 bits per heavy atom. The van der Waals surface area contributed by atoms with E-state index in [9.17, 15) is 4.79 Å². The minimum atomic E-state index is -0.517. The maximum Gasteiger partial charge on any atom is 0.226 e. The summed E-state index contributed by atoms with van der Waals surface area (Å²) in [5.74, 6) is -0.109. The zero-order valence-electron chi connectivity index (χ0n) is 10.9. The molecule has 0 aliphatic carbocycles. The van der Waals surface area contributed by atoms with Crippen LogP contribution in [0.5, 0.6) is 0 Å². The molecule has 0 saturated carbocycles. The van der Waals surface area contributed by atoms with Crippen molar-refractivity contribution in [2.75, 3.05) is 5.32 Å². The molecule has 0 saturated heterocycles. The van der Waals surface area contributed by atoms with Gasteiger partial charge in [0.1, 0.15) is 6.33 Å². The molecule has 3 N–H and O–H groups in total. The smallest absolute Gasteiger partial charge is 0.226 e. The molecule has 0 unspecified atom stereocenters. The predicted molar refractivity (Wildman–Crippen MR) is 70.7 cm³/mol. The Morgan fingerprint density at radius 3 is 2.58 bits per heavy atom. The summed E-state index contributed by atoms with van der Waals surface area (Å²) in [6.07, 6.45) is 1.77. The molecule has 1 heterocycles. The lowest BCUT2D eigenvalue weighted by molar-refractivity contribution is -0.117. The molecule has 19 heavy (non-hydrogen) atoms. The number of nitrogens with one attached hydrogen (secondary N) is 1. The normalized spacial score (nSPS) is 11.3. The van der Waals surface area contributed by atoms with Crippen molar-refractivity contribution >= 4 is 11.6 Å². The standard InChI is InChI=1S/C12H16N6O/c1-12(2,13)7-11(19)15-9-3-5-10(6-4-9)18-8-14-16-17-18/h3-6,8H,7,13H2,1-2H3,(H,15,19). The second kappa shape index (κ2) is 5.15. The molecule has 1 amide bonds. The lowest BCUT2D eigenvalue weighted by Crippen LogP contribution is -2.36. The van der Waals surface area contributed by atoms with Crippen molar-refractivity contribution in [1.29, 1.82) is 0 Å². The lowest BCUT2D eigenvalue weighted by Gasteiger charge is -2.17. The number of anilines is 1. The molecule has 0 fully saturated rings. The summed E-state index contributed by atoms with van der Waals surface area (Å²) in [6, 6.07) is 7.22. The largest absolute Gasteiger partial charge is 0.326 e. The SMILES string of the molecule is CC(C)(N)CC(=O)Nc1ccc(-n2cnnn2)cc1. The highest BCUT2D eigenvalue weighted by molar-refractivity contribution is 5.91. The molecule has 100 valence electrons. The minimum absolute atomic E-state index is 0.109. The average Bonchev–Trinajstić information content (AvgIpc) is 2.80. The van der Waals surface area contributed by atoms with E-state index in [1.165, 1.54) is 11.0 Å². The number of benzene rings is 1. The van der Waals surface area contributed by atoms with Crippen LogP contribution in [0.25, 0.3) is 5.69 Å². The lowest BCUT2D eigenvalue weighted by atomic mass is 10.0. The zero-order chi connectivity index (χ0) is 13.9. The van der Waals surface area contributed by atoms with Crippen LogP contribution in [-0.2, 0) is 4.79 Å². The molecule has 1 aromatic heterocycles. The maximum absolute atomic E-state index is 11.7. The van der Waals surface area contributed by atoms with Crippen molar-refractivity contribution in [3.8, 4) is 5.69 Å². The summed E-state index contributed by atoms with van der Waals surface area (Å²) in [5, 5.41) is 13.7. The van der Waals surface area contributed by atoms with Crippen molar-refractivity contribution in [3.05, 3.63) is 30.6 Å². The Morgan fingerprint density at radius 1 is 1.37 bits per heavy atom. The molecule has 0 aliphatic heterocycles. The van der Waals surface area contributed by atoms with Crippen LogP contribution in [-0.4, -0.2) is 31.7 Å². The Kier molecular flexibility index (Phi) is 3.57. The van der Waals surface area contributed by atoms with Crippen LogP contribution >= 0.6 is 0 Å². The second-order valence-corrected chi connectivity index (χ2v) is 5.01. The Balaban J connectivity index is 2.01.